The second-order valence-electron chi connectivity index (χ2n) is 8.85. The minimum Gasteiger partial charge on any atom is -0.497 e. The Morgan fingerprint density at radius 1 is 1.06 bits per heavy atom. The van der Waals surface area contributed by atoms with Crippen molar-refractivity contribution in [2.45, 2.75) is 44.8 Å². The molecular formula is C22H31N3O6. The molecule has 0 bridgehead atoms. The molecule has 9 nitrogen and oxygen atoms in total. The van der Waals surface area contributed by atoms with E-state index in [0.29, 0.717) is 25.9 Å². The molecule has 0 aliphatic carbocycles. The zero-order valence-corrected chi connectivity index (χ0v) is 18.8. The van der Waals surface area contributed by atoms with Crippen molar-refractivity contribution in [2.75, 3.05) is 45.4 Å². The van der Waals surface area contributed by atoms with Crippen molar-refractivity contribution in [3.63, 3.8) is 0 Å². The second kappa shape index (κ2) is 8.64. The smallest absolute Gasteiger partial charge is 0.410 e. The van der Waals surface area contributed by atoms with E-state index in [-0.39, 0.29) is 25.2 Å². The predicted molar refractivity (Wildman–Crippen MR) is 114 cm³/mol. The van der Waals surface area contributed by atoms with Gasteiger partial charge in [-0.25, -0.2) is 4.79 Å². The van der Waals surface area contributed by atoms with Crippen LogP contribution in [0.25, 0.3) is 0 Å². The molecule has 2 saturated heterocycles. The predicted octanol–water partition coefficient (Wildman–Crippen LogP) is 2.24. The van der Waals surface area contributed by atoms with Crippen LogP contribution in [0.3, 0.4) is 0 Å². The molecule has 0 N–H and O–H groups in total. The maximum Gasteiger partial charge on any atom is 0.410 e. The molecule has 31 heavy (non-hydrogen) atoms. The fourth-order valence-electron chi connectivity index (χ4n) is 4.08. The molecule has 1 aromatic carbocycles. The summed E-state index contributed by atoms with van der Waals surface area (Å²) in [4.78, 5) is 43.0. The highest BCUT2D eigenvalue weighted by molar-refractivity contribution is 5.95. The summed E-state index contributed by atoms with van der Waals surface area (Å²) < 4.78 is 15.5. The van der Waals surface area contributed by atoms with Gasteiger partial charge in [0.15, 0.2) is 0 Å². The number of likely N-dealkylation sites (tertiary alicyclic amines) is 1. The Kier molecular flexibility index (Phi) is 6.33. The first-order valence-corrected chi connectivity index (χ1v) is 10.4. The van der Waals surface area contributed by atoms with Crippen LogP contribution in [0, 0.1) is 0 Å². The number of nitrogens with zero attached hydrogens (tertiary/aromatic N) is 3. The molecule has 2 heterocycles. The van der Waals surface area contributed by atoms with Gasteiger partial charge in [-0.2, -0.15) is 0 Å². The number of carbonyl (C=O) groups excluding carboxylic acids is 3. The zero-order chi connectivity index (χ0) is 22.8. The van der Waals surface area contributed by atoms with Gasteiger partial charge < -0.3 is 28.9 Å². The second-order valence-corrected chi connectivity index (χ2v) is 8.85. The number of amides is 2. The van der Waals surface area contributed by atoms with E-state index in [0.717, 1.165) is 11.4 Å². The molecule has 2 aliphatic heterocycles. The van der Waals surface area contributed by atoms with Gasteiger partial charge in [-0.15, -0.1) is 0 Å². The Morgan fingerprint density at radius 3 is 2.19 bits per heavy atom. The van der Waals surface area contributed by atoms with Gasteiger partial charge in [0.05, 0.1) is 20.9 Å². The van der Waals surface area contributed by atoms with Crippen LogP contribution < -0.4 is 9.64 Å². The van der Waals surface area contributed by atoms with E-state index in [1.54, 1.807) is 12.0 Å². The third-order valence-corrected chi connectivity index (χ3v) is 5.69. The molecule has 9 heteroatoms. The lowest BCUT2D eigenvalue weighted by Gasteiger charge is -2.43. The molecule has 0 atom stereocenters. The highest BCUT2D eigenvalue weighted by Gasteiger charge is 2.54. The van der Waals surface area contributed by atoms with Gasteiger partial charge in [0, 0.05) is 18.8 Å². The average Bonchev–Trinajstić information content (AvgIpc) is 2.99. The van der Waals surface area contributed by atoms with Gasteiger partial charge in [-0.05, 0) is 57.9 Å². The Hall–Kier alpha value is -2.97. The number of carbonyl (C=O) groups is 3. The van der Waals surface area contributed by atoms with Gasteiger partial charge in [0.1, 0.15) is 23.4 Å². The maximum atomic E-state index is 13.5. The number of esters is 1. The normalized spacial score (nSPS) is 18.4. The van der Waals surface area contributed by atoms with Crippen LogP contribution in [0.1, 0.15) is 33.6 Å². The van der Waals surface area contributed by atoms with Gasteiger partial charge in [-0.1, -0.05) is 0 Å². The Bertz CT molecular complexity index is 825. The van der Waals surface area contributed by atoms with Crippen molar-refractivity contribution in [2.24, 2.45) is 0 Å². The minimum atomic E-state index is -0.832. The quantitative estimate of drug-likeness (QED) is 0.673. The van der Waals surface area contributed by atoms with Crippen LogP contribution in [0.5, 0.6) is 5.75 Å². The summed E-state index contributed by atoms with van der Waals surface area (Å²) in [7, 11) is 2.90. The van der Waals surface area contributed by atoms with Crippen LogP contribution >= 0.6 is 0 Å². The summed E-state index contributed by atoms with van der Waals surface area (Å²) in [6.45, 7) is 6.41. The van der Waals surface area contributed by atoms with Gasteiger partial charge in [0.25, 0.3) is 5.91 Å². The lowest BCUT2D eigenvalue weighted by atomic mass is 9.85. The van der Waals surface area contributed by atoms with Crippen LogP contribution in [0.15, 0.2) is 24.3 Å². The van der Waals surface area contributed by atoms with Crippen LogP contribution in [-0.2, 0) is 19.1 Å². The lowest BCUT2D eigenvalue weighted by molar-refractivity contribution is -0.146. The SMILES string of the molecule is COC(=O)CN1CN(c2ccc(OC)cc2)C2(CCN(C(=O)OC(C)(C)C)CC2)C1=O. The molecular weight excluding hydrogens is 402 g/mol. The van der Waals surface area contributed by atoms with E-state index < -0.39 is 17.1 Å². The summed E-state index contributed by atoms with van der Waals surface area (Å²) in [5.41, 5.74) is -0.560. The fraction of sp³-hybridized carbons (Fsp3) is 0.591. The number of rotatable bonds is 4. The lowest BCUT2D eigenvalue weighted by Crippen LogP contribution is -2.57. The molecule has 0 saturated carbocycles. The van der Waals surface area contributed by atoms with Crippen molar-refractivity contribution in [1.29, 1.82) is 0 Å². The number of benzene rings is 1. The third kappa shape index (κ3) is 4.70. The summed E-state index contributed by atoms with van der Waals surface area (Å²) in [5, 5.41) is 0. The van der Waals surface area contributed by atoms with Crippen LogP contribution in [0.4, 0.5) is 10.5 Å². The number of anilines is 1. The summed E-state index contributed by atoms with van der Waals surface area (Å²) in [6.07, 6.45) is 0.499. The van der Waals surface area contributed by atoms with Crippen molar-refractivity contribution in [3.8, 4) is 5.75 Å². The Morgan fingerprint density at radius 2 is 1.68 bits per heavy atom. The largest absolute Gasteiger partial charge is 0.497 e. The number of ether oxygens (including phenoxy) is 3. The highest BCUT2D eigenvalue weighted by atomic mass is 16.6. The molecule has 3 rings (SSSR count). The van der Waals surface area contributed by atoms with E-state index in [9.17, 15) is 14.4 Å². The number of hydrogen-bond donors (Lipinski definition) is 0. The van der Waals surface area contributed by atoms with Crippen molar-refractivity contribution in [1.82, 2.24) is 9.80 Å². The van der Waals surface area contributed by atoms with Gasteiger partial charge in [0.2, 0.25) is 0 Å². The number of methoxy groups -OCH3 is 2. The van der Waals surface area contributed by atoms with Crippen LogP contribution in [-0.4, -0.2) is 79.4 Å². The molecule has 0 aromatic heterocycles. The van der Waals surface area contributed by atoms with Crippen molar-refractivity contribution >= 4 is 23.7 Å². The highest BCUT2D eigenvalue weighted by Crippen LogP contribution is 2.40. The Labute approximate surface area is 182 Å². The molecule has 2 aliphatic rings. The van der Waals surface area contributed by atoms with E-state index in [1.807, 2.05) is 49.9 Å². The van der Waals surface area contributed by atoms with Crippen molar-refractivity contribution < 1.29 is 28.6 Å². The van der Waals surface area contributed by atoms with Crippen molar-refractivity contribution in [3.05, 3.63) is 24.3 Å². The Balaban J connectivity index is 1.84. The summed E-state index contributed by atoms with van der Waals surface area (Å²) in [5.74, 6) is 0.123. The zero-order valence-electron chi connectivity index (χ0n) is 18.8. The third-order valence-electron chi connectivity index (χ3n) is 5.69. The van der Waals surface area contributed by atoms with E-state index in [4.69, 9.17) is 14.2 Å². The molecule has 2 fully saturated rings. The molecule has 2 amide bonds. The first kappa shape index (κ1) is 22.7. The summed E-state index contributed by atoms with van der Waals surface area (Å²) >= 11 is 0. The minimum absolute atomic E-state index is 0.112. The van der Waals surface area contributed by atoms with Gasteiger partial charge in [-0.3, -0.25) is 9.59 Å². The first-order chi connectivity index (χ1) is 14.6. The van der Waals surface area contributed by atoms with E-state index >= 15 is 0 Å². The van der Waals surface area contributed by atoms with E-state index in [1.165, 1.54) is 12.0 Å². The molecule has 0 radical (unpaired) electrons. The number of piperidine rings is 1. The monoisotopic (exact) mass is 433 g/mol. The fourth-order valence-corrected chi connectivity index (χ4v) is 4.08. The first-order valence-electron chi connectivity index (χ1n) is 10.4. The van der Waals surface area contributed by atoms with E-state index in [2.05, 4.69) is 0 Å². The number of hydrogen-bond acceptors (Lipinski definition) is 7. The average molecular weight is 434 g/mol. The summed E-state index contributed by atoms with van der Waals surface area (Å²) in [6, 6.07) is 7.48. The molecule has 170 valence electrons. The molecule has 0 unspecified atom stereocenters. The van der Waals surface area contributed by atoms with Gasteiger partial charge >= 0.3 is 12.1 Å². The van der Waals surface area contributed by atoms with Crippen LogP contribution in [0.2, 0.25) is 0 Å². The maximum absolute atomic E-state index is 13.5. The standard InChI is InChI=1S/C22H31N3O6/c1-21(2,3)31-20(28)23-12-10-22(11-13-23)19(27)24(14-18(26)30-5)15-25(22)16-6-8-17(29-4)9-7-16/h6-9H,10-15H2,1-5H3. The topological polar surface area (TPSA) is 88.6 Å². The molecule has 1 spiro atoms. The molecule has 1 aromatic rings.